The number of anilines is 1. The molecule has 3 aromatic rings. The molecule has 0 radical (unpaired) electrons. The lowest BCUT2D eigenvalue weighted by molar-refractivity contribution is -0.384. The van der Waals surface area contributed by atoms with Gasteiger partial charge in [-0.2, -0.15) is 0 Å². The van der Waals surface area contributed by atoms with Crippen molar-refractivity contribution in [2.75, 3.05) is 4.90 Å². The Morgan fingerprint density at radius 1 is 0.889 bits per heavy atom. The Morgan fingerprint density at radius 2 is 1.56 bits per heavy atom. The summed E-state index contributed by atoms with van der Waals surface area (Å²) in [5, 5.41) is 11.6. The van der Waals surface area contributed by atoms with E-state index in [2.05, 4.69) is 0 Å². The lowest BCUT2D eigenvalue weighted by atomic mass is 9.83. The lowest BCUT2D eigenvalue weighted by Gasteiger charge is -2.35. The topological polar surface area (TPSA) is 101 Å². The van der Waals surface area contributed by atoms with Crippen molar-refractivity contribution < 1.29 is 19.3 Å². The Balaban J connectivity index is 1.47. The molecule has 3 heterocycles. The molecule has 178 valence electrons. The number of ketones is 1. The summed E-state index contributed by atoms with van der Waals surface area (Å²) >= 11 is 6.01. The van der Waals surface area contributed by atoms with Crippen LogP contribution >= 0.6 is 11.6 Å². The van der Waals surface area contributed by atoms with E-state index in [1.54, 1.807) is 30.5 Å². The molecular formula is C27H18ClN3O5. The molecule has 2 saturated heterocycles. The molecule has 2 amide bonds. The molecule has 1 unspecified atom stereocenters. The van der Waals surface area contributed by atoms with E-state index in [0.717, 1.165) is 16.0 Å². The van der Waals surface area contributed by atoms with E-state index in [0.29, 0.717) is 10.6 Å². The number of imide groups is 1. The maximum atomic E-state index is 13.8. The molecule has 0 aliphatic carbocycles. The second-order valence-electron chi connectivity index (χ2n) is 8.99. The number of hydrogen-bond acceptors (Lipinski definition) is 6. The van der Waals surface area contributed by atoms with Gasteiger partial charge in [0, 0.05) is 28.9 Å². The average Bonchev–Trinajstić information content (AvgIpc) is 3.36. The van der Waals surface area contributed by atoms with Crippen molar-refractivity contribution in [1.29, 1.82) is 0 Å². The molecule has 3 aliphatic heterocycles. The van der Waals surface area contributed by atoms with Gasteiger partial charge in [0.15, 0.2) is 5.78 Å². The van der Waals surface area contributed by atoms with Crippen molar-refractivity contribution in [1.82, 2.24) is 4.90 Å². The summed E-state index contributed by atoms with van der Waals surface area (Å²) in [5.41, 5.74) is 2.28. The van der Waals surface area contributed by atoms with Gasteiger partial charge in [-0.05, 0) is 53.6 Å². The first-order valence-corrected chi connectivity index (χ1v) is 11.7. The minimum absolute atomic E-state index is 0.147. The normalized spacial score (nSPS) is 23.9. The zero-order valence-corrected chi connectivity index (χ0v) is 19.4. The van der Waals surface area contributed by atoms with Crippen molar-refractivity contribution in [3.8, 4) is 0 Å². The van der Waals surface area contributed by atoms with Gasteiger partial charge in [-0.15, -0.1) is 0 Å². The zero-order valence-electron chi connectivity index (χ0n) is 18.7. The van der Waals surface area contributed by atoms with Gasteiger partial charge in [-0.25, -0.2) is 4.90 Å². The van der Waals surface area contributed by atoms with E-state index in [9.17, 15) is 24.5 Å². The van der Waals surface area contributed by atoms with Gasteiger partial charge < -0.3 is 4.90 Å². The predicted octanol–water partition coefficient (Wildman–Crippen LogP) is 4.65. The molecule has 4 atom stereocenters. The van der Waals surface area contributed by atoms with Gasteiger partial charge in [0.1, 0.15) is 6.04 Å². The van der Waals surface area contributed by atoms with Gasteiger partial charge in [0.05, 0.1) is 28.5 Å². The number of nitro groups is 1. The van der Waals surface area contributed by atoms with Crippen molar-refractivity contribution in [3.63, 3.8) is 0 Å². The average molecular weight is 500 g/mol. The third-order valence-corrected chi connectivity index (χ3v) is 7.43. The first kappa shape index (κ1) is 22.2. The number of nitrogens with zero attached hydrogens (tertiary/aromatic N) is 3. The second kappa shape index (κ2) is 8.13. The summed E-state index contributed by atoms with van der Waals surface area (Å²) in [6.07, 6.45) is 3.68. The van der Waals surface area contributed by atoms with Gasteiger partial charge in [-0.1, -0.05) is 35.9 Å². The number of rotatable bonds is 4. The van der Waals surface area contributed by atoms with Crippen molar-refractivity contribution in [3.05, 3.63) is 111 Å². The highest BCUT2D eigenvalue weighted by molar-refractivity contribution is 6.30. The van der Waals surface area contributed by atoms with Crippen LogP contribution in [-0.2, 0) is 9.59 Å². The summed E-state index contributed by atoms with van der Waals surface area (Å²) in [5.74, 6) is -2.91. The van der Waals surface area contributed by atoms with Crippen molar-refractivity contribution in [2.45, 2.75) is 12.1 Å². The molecule has 3 aromatic carbocycles. The summed E-state index contributed by atoms with van der Waals surface area (Å²) in [4.78, 5) is 54.9. The maximum absolute atomic E-state index is 13.8. The van der Waals surface area contributed by atoms with Gasteiger partial charge in [-0.3, -0.25) is 24.5 Å². The van der Waals surface area contributed by atoms with Crippen LogP contribution in [0.3, 0.4) is 0 Å². The monoisotopic (exact) mass is 499 g/mol. The van der Waals surface area contributed by atoms with E-state index < -0.39 is 40.7 Å². The number of benzene rings is 3. The first-order valence-electron chi connectivity index (χ1n) is 11.3. The molecule has 0 aromatic heterocycles. The fourth-order valence-electron chi connectivity index (χ4n) is 5.62. The van der Waals surface area contributed by atoms with Crippen LogP contribution in [0.2, 0.25) is 5.02 Å². The molecule has 0 spiro atoms. The predicted molar refractivity (Wildman–Crippen MR) is 132 cm³/mol. The van der Waals surface area contributed by atoms with E-state index in [1.165, 1.54) is 24.3 Å². The Morgan fingerprint density at radius 3 is 2.25 bits per heavy atom. The minimum Gasteiger partial charge on any atom is -0.358 e. The number of nitro benzene ring substituents is 1. The second-order valence-corrected chi connectivity index (χ2v) is 9.43. The highest BCUT2D eigenvalue weighted by Gasteiger charge is 2.64. The fourth-order valence-corrected chi connectivity index (χ4v) is 5.75. The highest BCUT2D eigenvalue weighted by atomic mass is 35.5. The number of Topliss-reactive ketones (excluding diaryl/α,β-unsaturated/α-hetero) is 1. The van der Waals surface area contributed by atoms with Gasteiger partial charge in [0.25, 0.3) is 5.69 Å². The standard InChI is InChI=1S/C27H18ClN3O5/c28-17-7-5-16(6-8-17)25(32)24-22-21(23-20-4-2-1-3-15(20)13-14-29(23)24)26(33)30(27(22)34)18-9-11-19(12-10-18)31(35)36/h1-14,21-24H/t21-,22+,23?,24-/m0/s1. The summed E-state index contributed by atoms with van der Waals surface area (Å²) in [6, 6.07) is 18.0. The molecule has 0 bridgehead atoms. The fraction of sp³-hybridized carbons (Fsp3) is 0.148. The number of fused-ring (bicyclic) bond motifs is 5. The van der Waals surface area contributed by atoms with Crippen molar-refractivity contribution >= 4 is 46.6 Å². The van der Waals surface area contributed by atoms with Crippen LogP contribution in [0.1, 0.15) is 27.5 Å². The Hall–Kier alpha value is -4.30. The molecule has 6 rings (SSSR count). The van der Waals surface area contributed by atoms with Crippen molar-refractivity contribution in [2.24, 2.45) is 11.8 Å². The molecule has 8 nitrogen and oxygen atoms in total. The Labute approximate surface area is 210 Å². The van der Waals surface area contributed by atoms with E-state index in [4.69, 9.17) is 11.6 Å². The molecule has 3 aliphatic rings. The van der Waals surface area contributed by atoms with Gasteiger partial charge >= 0.3 is 0 Å². The smallest absolute Gasteiger partial charge is 0.269 e. The number of carbonyl (C=O) groups is 3. The largest absolute Gasteiger partial charge is 0.358 e. The minimum atomic E-state index is -0.920. The quantitative estimate of drug-likeness (QED) is 0.224. The molecule has 2 fully saturated rings. The van der Waals surface area contributed by atoms with Crippen LogP contribution in [0.4, 0.5) is 11.4 Å². The Kier molecular flexibility index (Phi) is 5.01. The number of halogens is 1. The third kappa shape index (κ3) is 3.18. The molecule has 0 N–H and O–H groups in total. The summed E-state index contributed by atoms with van der Waals surface area (Å²) < 4.78 is 0. The zero-order chi connectivity index (χ0) is 25.1. The van der Waals surface area contributed by atoms with Gasteiger partial charge in [0.2, 0.25) is 11.8 Å². The van der Waals surface area contributed by atoms with Crippen LogP contribution in [-0.4, -0.2) is 33.5 Å². The van der Waals surface area contributed by atoms with E-state index >= 15 is 0 Å². The number of carbonyl (C=O) groups excluding carboxylic acids is 3. The van der Waals surface area contributed by atoms with Crippen LogP contribution in [0, 0.1) is 22.0 Å². The van der Waals surface area contributed by atoms with Crippen LogP contribution in [0.15, 0.2) is 79.0 Å². The third-order valence-electron chi connectivity index (χ3n) is 7.18. The molecule has 0 saturated carbocycles. The van der Waals surface area contributed by atoms with E-state index in [-0.39, 0.29) is 17.2 Å². The highest BCUT2D eigenvalue weighted by Crippen LogP contribution is 2.53. The van der Waals surface area contributed by atoms with Crippen LogP contribution in [0.5, 0.6) is 0 Å². The maximum Gasteiger partial charge on any atom is 0.269 e. The van der Waals surface area contributed by atoms with Crippen LogP contribution < -0.4 is 4.90 Å². The number of non-ortho nitro benzene ring substituents is 1. The first-order chi connectivity index (χ1) is 17.4. The summed E-state index contributed by atoms with van der Waals surface area (Å²) in [7, 11) is 0. The van der Waals surface area contributed by atoms with E-state index in [1.807, 2.05) is 35.2 Å². The molecule has 9 heteroatoms. The molecular weight excluding hydrogens is 482 g/mol. The Bertz CT molecular complexity index is 1470. The van der Waals surface area contributed by atoms with Crippen LogP contribution in [0.25, 0.3) is 6.08 Å². The lowest BCUT2D eigenvalue weighted by Crippen LogP contribution is -2.44. The SMILES string of the molecule is O=C(c1ccc(Cl)cc1)[C@@H]1[C@@H]2C(=O)N(c3ccc([N+](=O)[O-])cc3)C(=O)[C@@H]2C2c3ccccc3C=CN21. The number of hydrogen-bond donors (Lipinski definition) is 0. The summed E-state index contributed by atoms with van der Waals surface area (Å²) in [6.45, 7) is 0. The number of amides is 2. The molecule has 36 heavy (non-hydrogen) atoms.